The van der Waals surface area contributed by atoms with E-state index in [-0.39, 0.29) is 15.7 Å². The Morgan fingerprint density at radius 3 is 2.32 bits per heavy atom. The van der Waals surface area contributed by atoms with E-state index in [0.717, 1.165) is 0 Å². The van der Waals surface area contributed by atoms with Gasteiger partial charge >= 0.3 is 0 Å². The van der Waals surface area contributed by atoms with Crippen molar-refractivity contribution in [3.8, 4) is 11.8 Å². The number of sulfone groups is 1. The molecular formula is C15H9Cl2NO3S. The van der Waals surface area contributed by atoms with Gasteiger partial charge in [-0.2, -0.15) is 5.26 Å². The Balaban J connectivity index is 2.51. The number of halogens is 2. The van der Waals surface area contributed by atoms with Crippen LogP contribution in [0.5, 0.6) is 5.75 Å². The minimum atomic E-state index is -3.95. The molecule has 0 fully saturated rings. The third-order valence-corrected chi connectivity index (χ3v) is 5.03. The number of nitrogens with zero attached hydrogens (tertiary/aromatic N) is 1. The van der Waals surface area contributed by atoms with E-state index in [1.807, 2.05) is 0 Å². The topological polar surface area (TPSA) is 78.2 Å². The highest BCUT2D eigenvalue weighted by molar-refractivity contribution is 7.95. The third-order valence-electron chi connectivity index (χ3n) is 2.79. The Hall–Kier alpha value is -2.00. The zero-order chi connectivity index (χ0) is 16.3. The molecule has 2 aromatic carbocycles. The van der Waals surface area contributed by atoms with Crippen molar-refractivity contribution < 1.29 is 13.5 Å². The van der Waals surface area contributed by atoms with Crippen LogP contribution in [0.4, 0.5) is 0 Å². The summed E-state index contributed by atoms with van der Waals surface area (Å²) in [7, 11) is -3.95. The van der Waals surface area contributed by atoms with E-state index in [1.54, 1.807) is 6.07 Å². The van der Waals surface area contributed by atoms with E-state index in [0.29, 0.717) is 10.6 Å². The highest BCUT2D eigenvalue weighted by atomic mass is 35.5. The monoisotopic (exact) mass is 353 g/mol. The highest BCUT2D eigenvalue weighted by Gasteiger charge is 2.20. The molecule has 2 aromatic rings. The molecule has 0 radical (unpaired) electrons. The van der Waals surface area contributed by atoms with Gasteiger partial charge in [0.05, 0.1) is 9.92 Å². The lowest BCUT2D eigenvalue weighted by Crippen LogP contribution is -2.03. The van der Waals surface area contributed by atoms with Crippen LogP contribution in [-0.4, -0.2) is 13.5 Å². The number of nitriles is 1. The largest absolute Gasteiger partial charge is 0.506 e. The van der Waals surface area contributed by atoms with E-state index in [4.69, 9.17) is 28.5 Å². The molecule has 2 rings (SSSR count). The normalized spacial score (nSPS) is 12.0. The van der Waals surface area contributed by atoms with Gasteiger partial charge in [-0.15, -0.1) is 0 Å². The van der Waals surface area contributed by atoms with Crippen molar-refractivity contribution in [2.24, 2.45) is 0 Å². The summed E-state index contributed by atoms with van der Waals surface area (Å²) in [6, 6.07) is 11.3. The van der Waals surface area contributed by atoms with Crippen molar-refractivity contribution in [2.45, 2.75) is 4.90 Å². The van der Waals surface area contributed by atoms with E-state index >= 15 is 0 Å². The predicted molar refractivity (Wildman–Crippen MR) is 85.3 cm³/mol. The predicted octanol–water partition coefficient (Wildman–Crippen LogP) is 4.04. The number of hydrogen-bond donors (Lipinski definition) is 1. The van der Waals surface area contributed by atoms with Gasteiger partial charge in [0.25, 0.3) is 0 Å². The molecule has 22 heavy (non-hydrogen) atoms. The summed E-state index contributed by atoms with van der Waals surface area (Å²) in [5.41, 5.74) is 0.386. The Bertz CT molecular complexity index is 882. The first-order valence-corrected chi connectivity index (χ1v) is 8.19. The van der Waals surface area contributed by atoms with Gasteiger partial charge in [0.15, 0.2) is 0 Å². The fraction of sp³-hybridized carbons (Fsp3) is 0. The highest BCUT2D eigenvalue weighted by Crippen LogP contribution is 2.27. The second kappa shape index (κ2) is 6.41. The lowest BCUT2D eigenvalue weighted by molar-refractivity contribution is 0.475. The summed E-state index contributed by atoms with van der Waals surface area (Å²) in [5, 5.41) is 19.0. The first kappa shape index (κ1) is 16.4. The standard InChI is InChI=1S/C15H9Cl2NO3S/c16-11-2-4-12(5-3-11)22(20,21)13(9-18)7-10-1-6-15(19)14(17)8-10/h1-8,19H/b13-7-. The lowest BCUT2D eigenvalue weighted by atomic mass is 10.2. The molecule has 0 unspecified atom stereocenters. The molecular weight excluding hydrogens is 345 g/mol. The Kier molecular flexibility index (Phi) is 4.77. The van der Waals surface area contributed by atoms with Crippen molar-refractivity contribution in [1.29, 1.82) is 5.26 Å². The van der Waals surface area contributed by atoms with E-state index < -0.39 is 14.7 Å². The molecule has 0 atom stereocenters. The van der Waals surface area contributed by atoms with Gasteiger partial charge in [-0.25, -0.2) is 8.42 Å². The minimum absolute atomic E-state index is 0.0328. The van der Waals surface area contributed by atoms with Crippen molar-refractivity contribution in [1.82, 2.24) is 0 Å². The fourth-order valence-corrected chi connectivity index (χ4v) is 3.15. The van der Waals surface area contributed by atoms with Crippen LogP contribution >= 0.6 is 23.2 Å². The maximum Gasteiger partial charge on any atom is 0.216 e. The van der Waals surface area contributed by atoms with E-state index in [1.165, 1.54) is 48.5 Å². The van der Waals surface area contributed by atoms with Crippen LogP contribution in [0.1, 0.15) is 5.56 Å². The van der Waals surface area contributed by atoms with Gasteiger partial charge in [-0.3, -0.25) is 0 Å². The number of allylic oxidation sites excluding steroid dienone is 1. The second-order valence-electron chi connectivity index (χ2n) is 4.29. The summed E-state index contributed by atoms with van der Waals surface area (Å²) in [5.74, 6) is -0.127. The summed E-state index contributed by atoms with van der Waals surface area (Å²) in [6.45, 7) is 0. The number of hydrogen-bond acceptors (Lipinski definition) is 4. The lowest BCUT2D eigenvalue weighted by Gasteiger charge is -2.04. The van der Waals surface area contributed by atoms with Gasteiger partial charge in [0.1, 0.15) is 16.7 Å². The SMILES string of the molecule is N#C/C(=C/c1ccc(O)c(Cl)c1)S(=O)(=O)c1ccc(Cl)cc1. The van der Waals surface area contributed by atoms with Gasteiger partial charge in [0, 0.05) is 5.02 Å². The average molecular weight is 354 g/mol. The van der Waals surface area contributed by atoms with Crippen LogP contribution in [0, 0.1) is 11.3 Å². The molecule has 0 aliphatic carbocycles. The number of phenolic OH excluding ortho intramolecular Hbond substituents is 1. The zero-order valence-corrected chi connectivity index (χ0v) is 13.3. The average Bonchev–Trinajstić information content (AvgIpc) is 2.48. The quantitative estimate of drug-likeness (QED) is 0.844. The molecule has 0 heterocycles. The van der Waals surface area contributed by atoms with Crippen LogP contribution in [0.25, 0.3) is 6.08 Å². The van der Waals surface area contributed by atoms with Crippen LogP contribution in [-0.2, 0) is 9.84 Å². The molecule has 1 N–H and O–H groups in total. The van der Waals surface area contributed by atoms with Crippen LogP contribution in [0.3, 0.4) is 0 Å². The first-order chi connectivity index (χ1) is 10.3. The molecule has 0 saturated carbocycles. The number of aromatic hydroxyl groups is 1. The van der Waals surface area contributed by atoms with Gasteiger partial charge in [-0.05, 0) is 48.0 Å². The minimum Gasteiger partial charge on any atom is -0.506 e. The Morgan fingerprint density at radius 2 is 1.77 bits per heavy atom. The summed E-state index contributed by atoms with van der Waals surface area (Å²) in [4.78, 5) is -0.467. The fourth-order valence-electron chi connectivity index (χ4n) is 1.67. The second-order valence-corrected chi connectivity index (χ2v) is 7.05. The van der Waals surface area contributed by atoms with Crippen LogP contribution < -0.4 is 0 Å². The van der Waals surface area contributed by atoms with Crippen molar-refractivity contribution >= 4 is 39.1 Å². The maximum atomic E-state index is 12.4. The first-order valence-electron chi connectivity index (χ1n) is 5.95. The number of rotatable bonds is 3. The van der Waals surface area contributed by atoms with Crippen molar-refractivity contribution in [2.75, 3.05) is 0 Å². The Morgan fingerprint density at radius 1 is 1.14 bits per heavy atom. The molecule has 4 nitrogen and oxygen atoms in total. The summed E-state index contributed by atoms with van der Waals surface area (Å²) in [6.07, 6.45) is 1.19. The van der Waals surface area contributed by atoms with Crippen LogP contribution in [0.15, 0.2) is 52.3 Å². The molecule has 0 aliphatic rings. The van der Waals surface area contributed by atoms with Crippen LogP contribution in [0.2, 0.25) is 10.0 Å². The third kappa shape index (κ3) is 3.42. The molecule has 0 bridgehead atoms. The van der Waals surface area contributed by atoms with Gasteiger partial charge in [-0.1, -0.05) is 29.3 Å². The number of benzene rings is 2. The zero-order valence-electron chi connectivity index (χ0n) is 11.0. The summed E-state index contributed by atoms with van der Waals surface area (Å²) >= 11 is 11.5. The smallest absolute Gasteiger partial charge is 0.216 e. The molecule has 0 saturated heterocycles. The molecule has 7 heteroatoms. The molecule has 0 aromatic heterocycles. The summed E-state index contributed by atoms with van der Waals surface area (Å²) < 4.78 is 24.8. The molecule has 0 aliphatic heterocycles. The molecule has 0 amide bonds. The van der Waals surface area contributed by atoms with Gasteiger partial charge in [0.2, 0.25) is 9.84 Å². The molecule has 112 valence electrons. The van der Waals surface area contributed by atoms with Crippen molar-refractivity contribution in [3.63, 3.8) is 0 Å². The van der Waals surface area contributed by atoms with E-state index in [9.17, 15) is 13.5 Å². The Labute approximate surface area is 137 Å². The molecule has 0 spiro atoms. The van der Waals surface area contributed by atoms with E-state index in [2.05, 4.69) is 0 Å². The van der Waals surface area contributed by atoms with Gasteiger partial charge < -0.3 is 5.11 Å². The maximum absolute atomic E-state index is 12.4. The number of phenols is 1. The van der Waals surface area contributed by atoms with Crippen molar-refractivity contribution in [3.05, 3.63) is 63.0 Å².